The van der Waals surface area contributed by atoms with Gasteiger partial charge in [-0.25, -0.2) is 0 Å². The van der Waals surface area contributed by atoms with E-state index in [2.05, 4.69) is 10.6 Å². The molecule has 1 saturated heterocycles. The number of alkyl halides is 3. The van der Waals surface area contributed by atoms with Gasteiger partial charge in [0, 0.05) is 6.54 Å². The largest absolute Gasteiger partial charge is 0.401 e. The average molecular weight is 256 g/mol. The van der Waals surface area contributed by atoms with Gasteiger partial charge in [0.25, 0.3) is 0 Å². The quantitative estimate of drug-likeness (QED) is 0.771. The normalized spacial score (nSPS) is 21.1. The minimum absolute atomic E-state index is 0.278. The Morgan fingerprint density at radius 1 is 1.44 bits per heavy atom. The van der Waals surface area contributed by atoms with Gasteiger partial charge >= 0.3 is 6.18 Å². The van der Waals surface area contributed by atoms with E-state index in [9.17, 15) is 18.0 Å². The minimum atomic E-state index is -4.26. The fraction of sp³-hybridized carbons (Fsp3) is 0.889. The number of hydrogen-bond acceptors (Lipinski definition) is 3. The van der Waals surface area contributed by atoms with E-state index >= 15 is 0 Å². The van der Waals surface area contributed by atoms with Gasteiger partial charge in [-0.3, -0.25) is 4.79 Å². The van der Waals surface area contributed by atoms with Crippen molar-refractivity contribution in [1.82, 2.24) is 10.6 Å². The van der Waals surface area contributed by atoms with Crippen molar-refractivity contribution in [2.75, 3.05) is 31.1 Å². The highest BCUT2D eigenvalue weighted by Gasteiger charge is 2.26. The van der Waals surface area contributed by atoms with Crippen LogP contribution in [0, 0.1) is 5.92 Å². The second-order valence-electron chi connectivity index (χ2n) is 3.75. The van der Waals surface area contributed by atoms with Gasteiger partial charge in [-0.05, 0) is 23.8 Å². The third-order valence-electron chi connectivity index (χ3n) is 2.22. The molecule has 1 aliphatic rings. The molecule has 0 aliphatic carbocycles. The zero-order valence-electron chi connectivity index (χ0n) is 8.77. The van der Waals surface area contributed by atoms with Gasteiger partial charge in [-0.1, -0.05) is 0 Å². The molecule has 3 nitrogen and oxygen atoms in total. The number of hydrogen-bond donors (Lipinski definition) is 2. The molecular formula is C9H15F3N2OS. The Morgan fingerprint density at radius 3 is 2.75 bits per heavy atom. The van der Waals surface area contributed by atoms with Gasteiger partial charge < -0.3 is 10.6 Å². The van der Waals surface area contributed by atoms with E-state index in [0.29, 0.717) is 12.5 Å². The summed E-state index contributed by atoms with van der Waals surface area (Å²) in [6, 6.07) is 0. The van der Waals surface area contributed by atoms with Crippen molar-refractivity contribution >= 4 is 17.7 Å². The van der Waals surface area contributed by atoms with Crippen molar-refractivity contribution in [1.29, 1.82) is 0 Å². The van der Waals surface area contributed by atoms with Crippen molar-refractivity contribution in [3.05, 3.63) is 0 Å². The van der Waals surface area contributed by atoms with Crippen LogP contribution < -0.4 is 10.6 Å². The molecule has 1 atom stereocenters. The van der Waals surface area contributed by atoms with Crippen molar-refractivity contribution in [3.8, 4) is 0 Å². The Hall–Kier alpha value is -0.430. The van der Waals surface area contributed by atoms with E-state index in [0.717, 1.165) is 17.9 Å². The Labute approximate surface area is 96.5 Å². The van der Waals surface area contributed by atoms with Crippen molar-refractivity contribution < 1.29 is 18.0 Å². The highest BCUT2D eigenvalue weighted by molar-refractivity contribution is 7.99. The zero-order valence-corrected chi connectivity index (χ0v) is 9.59. The summed E-state index contributed by atoms with van der Waals surface area (Å²) in [6.45, 7) is -0.835. The summed E-state index contributed by atoms with van der Waals surface area (Å²) in [5.74, 6) is 2.22. The Bertz CT molecular complexity index is 229. The predicted molar refractivity (Wildman–Crippen MR) is 57.4 cm³/mol. The maximum atomic E-state index is 11.7. The lowest BCUT2D eigenvalue weighted by Gasteiger charge is -2.11. The number of carbonyl (C=O) groups excluding carboxylic acids is 1. The lowest BCUT2D eigenvalue weighted by molar-refractivity contribution is -0.128. The van der Waals surface area contributed by atoms with Crippen LogP contribution in [0.15, 0.2) is 0 Å². The van der Waals surface area contributed by atoms with E-state index in [1.165, 1.54) is 0 Å². The molecule has 0 aromatic rings. The molecule has 7 heteroatoms. The SMILES string of the molecule is O=C(CNCC(F)(F)F)NCC1CCSC1. The van der Waals surface area contributed by atoms with Crippen LogP contribution in [0.1, 0.15) is 6.42 Å². The fourth-order valence-electron chi connectivity index (χ4n) is 1.38. The van der Waals surface area contributed by atoms with E-state index in [-0.39, 0.29) is 12.5 Å². The lowest BCUT2D eigenvalue weighted by Crippen LogP contribution is -2.39. The van der Waals surface area contributed by atoms with E-state index in [4.69, 9.17) is 0 Å². The Kier molecular flexibility index (Phi) is 5.40. The van der Waals surface area contributed by atoms with Crippen LogP contribution >= 0.6 is 11.8 Å². The molecule has 1 amide bonds. The highest BCUT2D eigenvalue weighted by Crippen LogP contribution is 2.22. The predicted octanol–water partition coefficient (Wildman–Crippen LogP) is 1.01. The molecule has 2 N–H and O–H groups in total. The molecule has 0 saturated carbocycles. The number of thioether (sulfide) groups is 1. The third kappa shape index (κ3) is 6.22. The number of amides is 1. The summed E-state index contributed by atoms with van der Waals surface area (Å²) in [5, 5.41) is 4.69. The van der Waals surface area contributed by atoms with E-state index < -0.39 is 12.7 Å². The Morgan fingerprint density at radius 2 is 2.19 bits per heavy atom. The number of carbonyl (C=O) groups is 1. The summed E-state index contributed by atoms with van der Waals surface area (Å²) < 4.78 is 35.2. The van der Waals surface area contributed by atoms with Gasteiger partial charge in [0.15, 0.2) is 0 Å². The first kappa shape index (κ1) is 13.6. The first-order valence-electron chi connectivity index (χ1n) is 5.09. The summed E-state index contributed by atoms with van der Waals surface area (Å²) in [7, 11) is 0. The summed E-state index contributed by atoms with van der Waals surface area (Å²) in [6.07, 6.45) is -3.19. The molecule has 1 aliphatic heterocycles. The van der Waals surface area contributed by atoms with Crippen molar-refractivity contribution in [2.45, 2.75) is 12.6 Å². The molecule has 0 aromatic carbocycles. The molecule has 1 rings (SSSR count). The molecule has 1 heterocycles. The fourth-order valence-corrected chi connectivity index (χ4v) is 2.67. The van der Waals surface area contributed by atoms with Crippen LogP contribution in [-0.4, -0.2) is 43.2 Å². The molecular weight excluding hydrogens is 241 g/mol. The molecule has 0 spiro atoms. The third-order valence-corrected chi connectivity index (χ3v) is 3.45. The lowest BCUT2D eigenvalue weighted by atomic mass is 10.1. The molecule has 1 unspecified atom stereocenters. The second kappa shape index (κ2) is 6.34. The van der Waals surface area contributed by atoms with Gasteiger partial charge in [-0.15, -0.1) is 0 Å². The number of rotatable bonds is 5. The highest BCUT2D eigenvalue weighted by atomic mass is 32.2. The molecule has 0 aromatic heterocycles. The molecule has 1 fully saturated rings. The van der Waals surface area contributed by atoms with E-state index in [1.807, 2.05) is 11.8 Å². The number of halogens is 3. The van der Waals surface area contributed by atoms with E-state index in [1.54, 1.807) is 0 Å². The minimum Gasteiger partial charge on any atom is -0.355 e. The molecule has 94 valence electrons. The van der Waals surface area contributed by atoms with Gasteiger partial charge in [-0.2, -0.15) is 24.9 Å². The van der Waals surface area contributed by atoms with Crippen LogP contribution in [0.4, 0.5) is 13.2 Å². The molecule has 16 heavy (non-hydrogen) atoms. The standard InChI is InChI=1S/C9H15F3N2OS/c10-9(11,12)6-13-4-8(15)14-3-7-1-2-16-5-7/h7,13H,1-6H2,(H,14,15). The maximum Gasteiger partial charge on any atom is 0.401 e. The molecule has 0 radical (unpaired) electrons. The summed E-state index contributed by atoms with van der Waals surface area (Å²) in [4.78, 5) is 11.1. The monoisotopic (exact) mass is 256 g/mol. The Balaban J connectivity index is 2.02. The zero-order chi connectivity index (χ0) is 12.0. The van der Waals surface area contributed by atoms with Gasteiger partial charge in [0.1, 0.15) is 0 Å². The second-order valence-corrected chi connectivity index (χ2v) is 4.90. The average Bonchev–Trinajstić information content (AvgIpc) is 2.65. The van der Waals surface area contributed by atoms with Crippen LogP contribution in [0.25, 0.3) is 0 Å². The van der Waals surface area contributed by atoms with Crippen molar-refractivity contribution in [2.24, 2.45) is 5.92 Å². The number of nitrogens with one attached hydrogen (secondary N) is 2. The van der Waals surface area contributed by atoms with Crippen LogP contribution in [0.2, 0.25) is 0 Å². The van der Waals surface area contributed by atoms with Crippen LogP contribution in [-0.2, 0) is 4.79 Å². The maximum absolute atomic E-state index is 11.7. The van der Waals surface area contributed by atoms with Crippen molar-refractivity contribution in [3.63, 3.8) is 0 Å². The summed E-state index contributed by atoms with van der Waals surface area (Å²) in [5.41, 5.74) is 0. The van der Waals surface area contributed by atoms with Crippen LogP contribution in [0.3, 0.4) is 0 Å². The topological polar surface area (TPSA) is 41.1 Å². The first-order chi connectivity index (χ1) is 7.47. The van der Waals surface area contributed by atoms with Gasteiger partial charge in [0.2, 0.25) is 5.91 Å². The smallest absolute Gasteiger partial charge is 0.355 e. The molecule has 0 bridgehead atoms. The van der Waals surface area contributed by atoms with Gasteiger partial charge in [0.05, 0.1) is 13.1 Å². The summed E-state index contributed by atoms with van der Waals surface area (Å²) >= 11 is 1.84. The first-order valence-corrected chi connectivity index (χ1v) is 6.25. The van der Waals surface area contributed by atoms with Crippen LogP contribution in [0.5, 0.6) is 0 Å².